The quantitative estimate of drug-likeness (QED) is 0.722. The van der Waals surface area contributed by atoms with Crippen molar-refractivity contribution in [3.63, 3.8) is 0 Å². The predicted octanol–water partition coefficient (Wildman–Crippen LogP) is 0.480. The van der Waals surface area contributed by atoms with Gasteiger partial charge in [0.2, 0.25) is 0 Å². The molecule has 1 aromatic rings. The second kappa shape index (κ2) is 3.87. The maximum atomic E-state index is 11.1. The molecule has 72 valence electrons. The SMILES string of the molecule is CS(=O)(=O)c1cccc(CON)c1. The Kier molecular flexibility index (Phi) is 3.02. The van der Waals surface area contributed by atoms with Crippen LogP contribution in [0.25, 0.3) is 0 Å². The van der Waals surface area contributed by atoms with E-state index in [0.717, 1.165) is 11.8 Å². The van der Waals surface area contributed by atoms with Gasteiger partial charge in [-0.25, -0.2) is 14.3 Å². The summed E-state index contributed by atoms with van der Waals surface area (Å²) in [6, 6.07) is 6.49. The van der Waals surface area contributed by atoms with Crippen LogP contribution in [0.2, 0.25) is 0 Å². The molecule has 0 aromatic heterocycles. The van der Waals surface area contributed by atoms with E-state index in [-0.39, 0.29) is 11.5 Å². The predicted molar refractivity (Wildman–Crippen MR) is 48.5 cm³/mol. The molecule has 0 saturated carbocycles. The Morgan fingerprint density at radius 3 is 2.69 bits per heavy atom. The first-order chi connectivity index (χ1) is 6.04. The molecule has 4 nitrogen and oxygen atoms in total. The molecule has 13 heavy (non-hydrogen) atoms. The zero-order chi connectivity index (χ0) is 9.90. The number of sulfone groups is 1. The highest BCUT2D eigenvalue weighted by Crippen LogP contribution is 2.11. The summed E-state index contributed by atoms with van der Waals surface area (Å²) in [7, 11) is -3.14. The van der Waals surface area contributed by atoms with Crippen LogP contribution in [0.4, 0.5) is 0 Å². The summed E-state index contributed by atoms with van der Waals surface area (Å²) in [5, 5.41) is 0. The first-order valence-electron chi connectivity index (χ1n) is 3.65. The minimum Gasteiger partial charge on any atom is -0.300 e. The van der Waals surface area contributed by atoms with E-state index >= 15 is 0 Å². The van der Waals surface area contributed by atoms with E-state index in [1.165, 1.54) is 6.07 Å². The van der Waals surface area contributed by atoms with Gasteiger partial charge in [-0.1, -0.05) is 12.1 Å². The fourth-order valence-electron chi connectivity index (χ4n) is 0.962. The molecule has 0 aliphatic rings. The first-order valence-corrected chi connectivity index (χ1v) is 5.54. The van der Waals surface area contributed by atoms with Gasteiger partial charge in [-0.2, -0.15) is 0 Å². The van der Waals surface area contributed by atoms with Crippen LogP contribution in [-0.2, 0) is 21.3 Å². The molecule has 0 fully saturated rings. The van der Waals surface area contributed by atoms with Gasteiger partial charge in [-0.15, -0.1) is 0 Å². The normalized spacial score (nSPS) is 11.5. The van der Waals surface area contributed by atoms with Crippen LogP contribution in [0.5, 0.6) is 0 Å². The molecule has 0 radical (unpaired) electrons. The number of benzene rings is 1. The molecule has 0 spiro atoms. The summed E-state index contributed by atoms with van der Waals surface area (Å²) < 4.78 is 22.2. The fourth-order valence-corrected chi connectivity index (χ4v) is 1.65. The number of rotatable bonds is 3. The molecule has 0 aliphatic carbocycles. The number of hydrogen-bond donors (Lipinski definition) is 1. The second-order valence-corrected chi connectivity index (χ2v) is 4.75. The monoisotopic (exact) mass is 201 g/mol. The van der Waals surface area contributed by atoms with E-state index in [9.17, 15) is 8.42 Å². The van der Waals surface area contributed by atoms with Crippen molar-refractivity contribution < 1.29 is 13.3 Å². The van der Waals surface area contributed by atoms with Gasteiger partial charge in [0.25, 0.3) is 0 Å². The van der Waals surface area contributed by atoms with Crippen molar-refractivity contribution in [2.45, 2.75) is 11.5 Å². The third-order valence-corrected chi connectivity index (χ3v) is 2.69. The average molecular weight is 201 g/mol. The van der Waals surface area contributed by atoms with Crippen molar-refractivity contribution in [3.05, 3.63) is 29.8 Å². The third-order valence-electron chi connectivity index (χ3n) is 1.58. The van der Waals surface area contributed by atoms with Crippen LogP contribution in [0.15, 0.2) is 29.2 Å². The third kappa shape index (κ3) is 2.80. The van der Waals surface area contributed by atoms with Crippen molar-refractivity contribution in [1.82, 2.24) is 0 Å². The summed E-state index contributed by atoms with van der Waals surface area (Å²) >= 11 is 0. The molecule has 0 unspecified atom stereocenters. The van der Waals surface area contributed by atoms with Gasteiger partial charge in [0, 0.05) is 6.26 Å². The summed E-state index contributed by atoms with van der Waals surface area (Å²) in [4.78, 5) is 4.68. The van der Waals surface area contributed by atoms with E-state index in [1.54, 1.807) is 18.2 Å². The van der Waals surface area contributed by atoms with Gasteiger partial charge >= 0.3 is 0 Å². The van der Waals surface area contributed by atoms with Crippen molar-refractivity contribution in [2.24, 2.45) is 5.90 Å². The van der Waals surface area contributed by atoms with Crippen molar-refractivity contribution in [1.29, 1.82) is 0 Å². The molecule has 1 rings (SSSR count). The Bertz CT molecular complexity index is 386. The summed E-state index contributed by atoms with van der Waals surface area (Å²) in [6.07, 6.45) is 1.16. The van der Waals surface area contributed by atoms with Crippen molar-refractivity contribution in [3.8, 4) is 0 Å². The van der Waals surface area contributed by atoms with E-state index in [0.29, 0.717) is 0 Å². The Hall–Kier alpha value is -0.910. The molecule has 0 saturated heterocycles. The summed E-state index contributed by atoms with van der Waals surface area (Å²) in [6.45, 7) is 0.212. The van der Waals surface area contributed by atoms with E-state index < -0.39 is 9.84 Å². The van der Waals surface area contributed by atoms with Crippen molar-refractivity contribution >= 4 is 9.84 Å². The van der Waals surface area contributed by atoms with Gasteiger partial charge in [0.1, 0.15) is 0 Å². The highest BCUT2D eigenvalue weighted by atomic mass is 32.2. The van der Waals surface area contributed by atoms with Crippen LogP contribution in [-0.4, -0.2) is 14.7 Å². The first kappa shape index (κ1) is 10.2. The van der Waals surface area contributed by atoms with Crippen LogP contribution < -0.4 is 5.90 Å². The van der Waals surface area contributed by atoms with E-state index in [1.807, 2.05) is 0 Å². The van der Waals surface area contributed by atoms with Gasteiger partial charge < -0.3 is 0 Å². The Morgan fingerprint density at radius 1 is 1.46 bits per heavy atom. The minimum atomic E-state index is -3.14. The highest BCUT2D eigenvalue weighted by Gasteiger charge is 2.06. The average Bonchev–Trinajstić information content (AvgIpc) is 2.04. The van der Waals surface area contributed by atoms with Crippen LogP contribution in [0, 0.1) is 0 Å². The number of hydrogen-bond acceptors (Lipinski definition) is 4. The molecule has 0 amide bonds. The van der Waals surface area contributed by atoms with E-state index in [2.05, 4.69) is 4.84 Å². The van der Waals surface area contributed by atoms with Crippen LogP contribution >= 0.6 is 0 Å². The Balaban J connectivity index is 3.06. The lowest BCUT2D eigenvalue weighted by Gasteiger charge is -2.01. The lowest BCUT2D eigenvalue weighted by Crippen LogP contribution is -2.01. The molecule has 0 heterocycles. The fraction of sp³-hybridized carbons (Fsp3) is 0.250. The standard InChI is InChI=1S/C8H11NO3S/c1-13(10,11)8-4-2-3-7(5-8)6-12-9/h2-5H,6,9H2,1H3. The second-order valence-electron chi connectivity index (χ2n) is 2.73. The summed E-state index contributed by atoms with van der Waals surface area (Å²) in [5.74, 6) is 4.87. The van der Waals surface area contributed by atoms with Gasteiger partial charge in [-0.3, -0.25) is 4.84 Å². The lowest BCUT2D eigenvalue weighted by atomic mass is 10.2. The molecular formula is C8H11NO3S. The Morgan fingerprint density at radius 2 is 2.15 bits per heavy atom. The lowest BCUT2D eigenvalue weighted by molar-refractivity contribution is 0.124. The van der Waals surface area contributed by atoms with Crippen molar-refractivity contribution in [2.75, 3.05) is 6.26 Å². The molecular weight excluding hydrogens is 190 g/mol. The number of nitrogens with two attached hydrogens (primary N) is 1. The maximum Gasteiger partial charge on any atom is 0.175 e. The topological polar surface area (TPSA) is 69.4 Å². The molecule has 2 N–H and O–H groups in total. The van der Waals surface area contributed by atoms with Crippen LogP contribution in [0.1, 0.15) is 5.56 Å². The molecule has 1 aromatic carbocycles. The zero-order valence-electron chi connectivity index (χ0n) is 7.23. The maximum absolute atomic E-state index is 11.1. The van der Waals surface area contributed by atoms with Gasteiger partial charge in [-0.05, 0) is 17.7 Å². The smallest absolute Gasteiger partial charge is 0.175 e. The molecule has 5 heteroatoms. The molecule has 0 bridgehead atoms. The minimum absolute atomic E-state index is 0.212. The zero-order valence-corrected chi connectivity index (χ0v) is 8.04. The molecule has 0 aliphatic heterocycles. The Labute approximate surface area is 77.2 Å². The summed E-state index contributed by atoms with van der Waals surface area (Å²) in [5.41, 5.74) is 0.741. The highest BCUT2D eigenvalue weighted by molar-refractivity contribution is 7.90. The molecule has 0 atom stereocenters. The van der Waals surface area contributed by atoms with Crippen LogP contribution in [0.3, 0.4) is 0 Å². The van der Waals surface area contributed by atoms with Gasteiger partial charge in [0.05, 0.1) is 11.5 Å². The van der Waals surface area contributed by atoms with E-state index in [4.69, 9.17) is 5.90 Å². The van der Waals surface area contributed by atoms with Gasteiger partial charge in [0.15, 0.2) is 9.84 Å². The largest absolute Gasteiger partial charge is 0.300 e.